The summed E-state index contributed by atoms with van der Waals surface area (Å²) >= 11 is 1.64. The molecule has 0 saturated carbocycles. The second kappa shape index (κ2) is 7.89. The molecule has 30 heavy (non-hydrogen) atoms. The molecule has 2 aromatic carbocycles. The number of rotatable bonds is 4. The van der Waals surface area contributed by atoms with E-state index < -0.39 is 0 Å². The quantitative estimate of drug-likeness (QED) is 0.461. The summed E-state index contributed by atoms with van der Waals surface area (Å²) in [6.07, 6.45) is 3.67. The largest absolute Gasteiger partial charge is 0.377 e. The zero-order chi connectivity index (χ0) is 20.7. The molecule has 0 amide bonds. The van der Waals surface area contributed by atoms with Gasteiger partial charge in [0.1, 0.15) is 0 Å². The van der Waals surface area contributed by atoms with Gasteiger partial charge in [0.25, 0.3) is 5.56 Å². The zero-order valence-corrected chi connectivity index (χ0v) is 18.0. The molecule has 7 heteroatoms. The van der Waals surface area contributed by atoms with Gasteiger partial charge >= 0.3 is 0 Å². The van der Waals surface area contributed by atoms with Crippen LogP contribution >= 0.6 is 11.8 Å². The number of hydrogen-bond acceptors (Lipinski definition) is 5. The lowest BCUT2D eigenvalue weighted by Crippen LogP contribution is -2.23. The summed E-state index contributed by atoms with van der Waals surface area (Å²) < 4.78 is 9.57. The van der Waals surface area contributed by atoms with Crippen molar-refractivity contribution in [1.82, 2.24) is 19.2 Å². The van der Waals surface area contributed by atoms with Gasteiger partial charge in [-0.25, -0.2) is 4.57 Å². The molecule has 2 aromatic heterocycles. The fourth-order valence-corrected chi connectivity index (χ4v) is 5.16. The molecule has 5 rings (SSSR count). The van der Waals surface area contributed by atoms with Crippen LogP contribution in [0.5, 0.6) is 0 Å². The Labute approximate surface area is 178 Å². The van der Waals surface area contributed by atoms with Crippen molar-refractivity contribution in [2.24, 2.45) is 0 Å². The van der Waals surface area contributed by atoms with Crippen molar-refractivity contribution in [2.75, 3.05) is 12.4 Å². The first-order valence-corrected chi connectivity index (χ1v) is 11.3. The summed E-state index contributed by atoms with van der Waals surface area (Å²) in [7, 11) is 0. The minimum Gasteiger partial charge on any atom is -0.377 e. The number of thioether (sulfide) groups is 1. The van der Waals surface area contributed by atoms with E-state index in [1.807, 2.05) is 47.7 Å². The molecule has 1 atom stereocenters. The molecule has 0 spiro atoms. The molecule has 1 unspecified atom stereocenters. The average Bonchev–Trinajstić information content (AvgIpc) is 3.18. The Bertz CT molecular complexity index is 1290. The fourth-order valence-electron chi connectivity index (χ4n) is 4.15. The van der Waals surface area contributed by atoms with Crippen LogP contribution in [0.2, 0.25) is 0 Å². The van der Waals surface area contributed by atoms with E-state index in [0.29, 0.717) is 11.2 Å². The Morgan fingerprint density at radius 2 is 2.00 bits per heavy atom. The maximum atomic E-state index is 13.4. The molecule has 6 nitrogen and oxygen atoms in total. The van der Waals surface area contributed by atoms with E-state index in [2.05, 4.69) is 23.2 Å². The molecule has 1 aliphatic rings. The molecule has 0 N–H and O–H groups in total. The van der Waals surface area contributed by atoms with Gasteiger partial charge in [0.2, 0.25) is 5.78 Å². The molecule has 0 bridgehead atoms. The van der Waals surface area contributed by atoms with Crippen LogP contribution in [0.25, 0.3) is 22.4 Å². The number of fused-ring (bicyclic) bond motifs is 3. The first-order chi connectivity index (χ1) is 14.6. The second-order valence-electron chi connectivity index (χ2n) is 7.87. The number of hydrogen-bond donors (Lipinski definition) is 0. The summed E-state index contributed by atoms with van der Waals surface area (Å²) in [4.78, 5) is 13.4. The summed E-state index contributed by atoms with van der Waals surface area (Å²) in [6, 6.07) is 13.8. The minimum atomic E-state index is -0.0791. The van der Waals surface area contributed by atoms with Gasteiger partial charge in [0.05, 0.1) is 22.7 Å². The average molecular weight is 421 g/mol. The van der Waals surface area contributed by atoms with Gasteiger partial charge in [-0.05, 0) is 56.9 Å². The highest BCUT2D eigenvalue weighted by molar-refractivity contribution is 7.99. The maximum Gasteiger partial charge on any atom is 0.267 e. The van der Waals surface area contributed by atoms with E-state index in [0.717, 1.165) is 52.7 Å². The van der Waals surface area contributed by atoms with Crippen molar-refractivity contribution < 1.29 is 4.74 Å². The predicted octanol–water partition coefficient (Wildman–Crippen LogP) is 4.31. The summed E-state index contributed by atoms with van der Waals surface area (Å²) in [5, 5.41) is 10.4. The predicted molar refractivity (Wildman–Crippen MR) is 120 cm³/mol. The molecule has 1 aliphatic heterocycles. The zero-order valence-electron chi connectivity index (χ0n) is 17.2. The van der Waals surface area contributed by atoms with Crippen LogP contribution in [-0.4, -0.2) is 37.6 Å². The van der Waals surface area contributed by atoms with E-state index in [-0.39, 0.29) is 11.7 Å². The van der Waals surface area contributed by atoms with Crippen molar-refractivity contribution in [3.8, 4) is 5.69 Å². The first kappa shape index (κ1) is 19.3. The maximum absolute atomic E-state index is 13.4. The number of aromatic nitrogens is 4. The number of ether oxygens (including phenoxy) is 1. The summed E-state index contributed by atoms with van der Waals surface area (Å²) in [6.45, 7) is 4.91. The lowest BCUT2D eigenvalue weighted by Gasteiger charge is -2.21. The van der Waals surface area contributed by atoms with Crippen molar-refractivity contribution >= 4 is 28.4 Å². The minimum absolute atomic E-state index is 0.0791. The van der Waals surface area contributed by atoms with E-state index >= 15 is 0 Å². The smallest absolute Gasteiger partial charge is 0.267 e. The van der Waals surface area contributed by atoms with Crippen LogP contribution in [-0.2, 0) is 4.74 Å². The molecular weight excluding hydrogens is 396 g/mol. The Balaban J connectivity index is 1.69. The Morgan fingerprint density at radius 3 is 2.80 bits per heavy atom. The number of aryl methyl sites for hydroxylation is 2. The monoisotopic (exact) mass is 420 g/mol. The topological polar surface area (TPSA) is 61.4 Å². The highest BCUT2D eigenvalue weighted by Crippen LogP contribution is 2.26. The van der Waals surface area contributed by atoms with E-state index in [1.54, 1.807) is 16.3 Å². The molecule has 0 aliphatic carbocycles. The van der Waals surface area contributed by atoms with Gasteiger partial charge in [-0.2, -0.15) is 0 Å². The van der Waals surface area contributed by atoms with Crippen LogP contribution in [0.1, 0.15) is 30.4 Å². The first-order valence-electron chi connectivity index (χ1n) is 10.3. The highest BCUT2D eigenvalue weighted by Gasteiger charge is 2.20. The third kappa shape index (κ3) is 3.32. The Hall–Kier alpha value is -2.64. The normalized spacial score (nSPS) is 17.1. The van der Waals surface area contributed by atoms with E-state index in [1.165, 1.54) is 6.42 Å². The second-order valence-corrected chi connectivity index (χ2v) is 8.85. The van der Waals surface area contributed by atoms with Crippen molar-refractivity contribution in [3.05, 3.63) is 63.9 Å². The van der Waals surface area contributed by atoms with Crippen molar-refractivity contribution in [1.29, 1.82) is 0 Å². The van der Waals surface area contributed by atoms with Crippen molar-refractivity contribution in [2.45, 2.75) is 44.4 Å². The van der Waals surface area contributed by atoms with Gasteiger partial charge in [-0.3, -0.25) is 9.20 Å². The molecule has 1 saturated heterocycles. The Kier molecular flexibility index (Phi) is 5.08. The summed E-state index contributed by atoms with van der Waals surface area (Å²) in [5.41, 5.74) is 3.77. The third-order valence-electron chi connectivity index (χ3n) is 5.66. The van der Waals surface area contributed by atoms with Gasteiger partial charge in [0.15, 0.2) is 5.16 Å². The van der Waals surface area contributed by atoms with Gasteiger partial charge in [0, 0.05) is 12.4 Å². The third-order valence-corrected chi connectivity index (χ3v) is 6.72. The van der Waals surface area contributed by atoms with Gasteiger partial charge in [-0.1, -0.05) is 41.6 Å². The lowest BCUT2D eigenvalue weighted by atomic mass is 10.1. The standard InChI is InChI=1S/C23H24N4O2S/c1-15-10-11-19(16(2)13-15)26-21(28)18-8-3-4-9-20(18)27-22(26)24-25-23(27)30-14-17-7-5-6-12-29-17/h3-4,8-11,13,17H,5-7,12,14H2,1-2H3. The molecular formula is C23H24N4O2S. The van der Waals surface area contributed by atoms with Crippen LogP contribution in [0.15, 0.2) is 52.4 Å². The highest BCUT2D eigenvalue weighted by atomic mass is 32.2. The van der Waals surface area contributed by atoms with Crippen LogP contribution in [0, 0.1) is 13.8 Å². The Morgan fingerprint density at radius 1 is 1.13 bits per heavy atom. The summed E-state index contributed by atoms with van der Waals surface area (Å²) in [5.74, 6) is 1.37. The number of para-hydroxylation sites is 1. The number of nitrogens with zero attached hydrogens (tertiary/aromatic N) is 4. The van der Waals surface area contributed by atoms with Gasteiger partial charge < -0.3 is 4.74 Å². The molecule has 1 fully saturated rings. The molecule has 3 heterocycles. The van der Waals surface area contributed by atoms with E-state index in [4.69, 9.17) is 4.74 Å². The SMILES string of the molecule is Cc1ccc(-n2c(=O)c3ccccc3n3c(SCC4CCCCO4)nnc23)c(C)c1. The van der Waals surface area contributed by atoms with Crippen molar-refractivity contribution in [3.63, 3.8) is 0 Å². The molecule has 4 aromatic rings. The fraction of sp³-hybridized carbons (Fsp3) is 0.348. The van der Waals surface area contributed by atoms with E-state index in [9.17, 15) is 4.79 Å². The molecule has 154 valence electrons. The van der Waals surface area contributed by atoms with Crippen LogP contribution < -0.4 is 5.56 Å². The number of benzene rings is 2. The lowest BCUT2D eigenvalue weighted by molar-refractivity contribution is 0.0315. The molecule has 0 radical (unpaired) electrons. The van der Waals surface area contributed by atoms with Gasteiger partial charge in [-0.15, -0.1) is 10.2 Å². The van der Waals surface area contributed by atoms with Crippen LogP contribution in [0.4, 0.5) is 0 Å². The van der Waals surface area contributed by atoms with Crippen LogP contribution in [0.3, 0.4) is 0 Å².